The summed E-state index contributed by atoms with van der Waals surface area (Å²) in [5.74, 6) is 2.82. The minimum Gasteiger partial charge on any atom is -0.306 e. The maximum atomic E-state index is 9.88. The summed E-state index contributed by atoms with van der Waals surface area (Å²) in [6.07, 6.45) is 10.7. The first-order valence-corrected chi connectivity index (χ1v) is 8.50. The van der Waals surface area contributed by atoms with Gasteiger partial charge in [0.1, 0.15) is 0 Å². The first kappa shape index (κ1) is 12.9. The van der Waals surface area contributed by atoms with Gasteiger partial charge < -0.3 is 4.90 Å². The number of nitrogens with zero attached hydrogens (tertiary/aromatic N) is 2. The van der Waals surface area contributed by atoms with E-state index in [1.54, 1.807) is 0 Å². The molecule has 0 atom stereocenters. The highest BCUT2D eigenvalue weighted by Crippen LogP contribution is 2.63. The summed E-state index contributed by atoms with van der Waals surface area (Å²) in [4.78, 5) is 2.40. The van der Waals surface area contributed by atoms with E-state index in [0.717, 1.165) is 43.7 Å². The van der Waals surface area contributed by atoms with Gasteiger partial charge in [0.2, 0.25) is 0 Å². The Morgan fingerprint density at radius 3 is 2.00 bits per heavy atom. The predicted molar refractivity (Wildman–Crippen MR) is 80.0 cm³/mol. The van der Waals surface area contributed by atoms with Gasteiger partial charge in [-0.25, -0.2) is 0 Å². The number of allylic oxidation sites excluding steroid dienone is 1. The molecule has 2 nitrogen and oxygen atoms in total. The molecule has 4 aliphatic carbocycles. The molecule has 1 aliphatic heterocycles. The van der Waals surface area contributed by atoms with Gasteiger partial charge in [-0.3, -0.25) is 0 Å². The molecule has 0 radical (unpaired) electrons. The lowest BCUT2D eigenvalue weighted by molar-refractivity contribution is -0.0289. The fraction of sp³-hybridized carbons (Fsp3) is 0.833. The molecule has 5 rings (SSSR count). The van der Waals surface area contributed by atoms with Crippen molar-refractivity contribution >= 4 is 0 Å². The topological polar surface area (TPSA) is 27.0 Å². The number of likely N-dealkylation sites (tertiary alicyclic amines) is 1. The van der Waals surface area contributed by atoms with Crippen molar-refractivity contribution in [1.82, 2.24) is 4.90 Å². The molecule has 0 aromatic carbocycles. The third-order valence-corrected chi connectivity index (χ3v) is 6.62. The molecule has 0 N–H and O–H groups in total. The van der Waals surface area contributed by atoms with Crippen molar-refractivity contribution in [2.75, 3.05) is 20.1 Å². The highest BCUT2D eigenvalue weighted by atomic mass is 15.1. The van der Waals surface area contributed by atoms with Gasteiger partial charge in [-0.1, -0.05) is 5.57 Å². The lowest BCUT2D eigenvalue weighted by atomic mass is 9.47. The van der Waals surface area contributed by atoms with Crippen molar-refractivity contribution in [1.29, 1.82) is 5.26 Å². The largest absolute Gasteiger partial charge is 0.306 e. The molecule has 0 aromatic rings. The molecule has 4 saturated carbocycles. The molecule has 4 bridgehead atoms. The van der Waals surface area contributed by atoms with Crippen molar-refractivity contribution in [2.45, 2.75) is 51.4 Å². The Morgan fingerprint density at radius 1 is 1.05 bits per heavy atom. The zero-order valence-electron chi connectivity index (χ0n) is 12.7. The second-order valence-electron chi connectivity index (χ2n) is 8.09. The third-order valence-electron chi connectivity index (χ3n) is 6.62. The molecular weight excluding hydrogens is 244 g/mol. The molecule has 1 heterocycles. The molecule has 0 unspecified atom stereocenters. The quantitative estimate of drug-likeness (QED) is 0.679. The fourth-order valence-electron chi connectivity index (χ4n) is 6.13. The molecule has 1 saturated heterocycles. The fourth-order valence-corrected chi connectivity index (χ4v) is 6.13. The van der Waals surface area contributed by atoms with Crippen LogP contribution in [0.25, 0.3) is 0 Å². The van der Waals surface area contributed by atoms with Crippen LogP contribution in [0.3, 0.4) is 0 Å². The van der Waals surface area contributed by atoms with Crippen molar-refractivity contribution in [3.05, 3.63) is 11.1 Å². The summed E-state index contributed by atoms with van der Waals surface area (Å²) in [5.41, 5.74) is 3.09. The molecule has 0 spiro atoms. The van der Waals surface area contributed by atoms with Crippen LogP contribution in [0.1, 0.15) is 51.4 Å². The van der Waals surface area contributed by atoms with E-state index < -0.39 is 0 Å². The van der Waals surface area contributed by atoms with Gasteiger partial charge in [0, 0.05) is 24.1 Å². The van der Waals surface area contributed by atoms with Gasteiger partial charge in [-0.2, -0.15) is 5.26 Å². The normalized spacial score (nSPS) is 43.6. The summed E-state index contributed by atoms with van der Waals surface area (Å²) >= 11 is 0. The minimum absolute atomic E-state index is 0.314. The number of nitriles is 1. The van der Waals surface area contributed by atoms with E-state index in [9.17, 15) is 5.26 Å². The smallest absolute Gasteiger partial charge is 0.0952 e. The van der Waals surface area contributed by atoms with Gasteiger partial charge in [0.05, 0.1) is 6.07 Å². The van der Waals surface area contributed by atoms with Crippen LogP contribution in [0.15, 0.2) is 11.1 Å². The lowest BCUT2D eigenvalue weighted by Crippen LogP contribution is -2.47. The van der Waals surface area contributed by atoms with E-state index in [4.69, 9.17) is 0 Å². The van der Waals surface area contributed by atoms with Gasteiger partial charge in [-0.05, 0) is 76.2 Å². The van der Waals surface area contributed by atoms with Crippen molar-refractivity contribution in [3.63, 3.8) is 0 Å². The molecule has 5 fully saturated rings. The zero-order valence-corrected chi connectivity index (χ0v) is 12.7. The molecule has 20 heavy (non-hydrogen) atoms. The second kappa shape index (κ2) is 4.60. The number of rotatable bonds is 1. The van der Waals surface area contributed by atoms with Crippen molar-refractivity contribution in [2.24, 2.45) is 23.2 Å². The van der Waals surface area contributed by atoms with Crippen LogP contribution >= 0.6 is 0 Å². The average molecular weight is 270 g/mol. The predicted octanol–water partition coefficient (Wildman–Crippen LogP) is 3.75. The first-order valence-electron chi connectivity index (χ1n) is 8.50. The number of piperidine rings is 1. The SMILES string of the molecule is CN1CCC(=C(C#N)C23CC4CC(CC(C4)C2)C3)CC1. The molecule has 0 amide bonds. The maximum Gasteiger partial charge on any atom is 0.0952 e. The minimum atomic E-state index is 0.314. The Kier molecular flexibility index (Phi) is 2.96. The van der Waals surface area contributed by atoms with Crippen LogP contribution in [-0.4, -0.2) is 25.0 Å². The Morgan fingerprint density at radius 2 is 1.55 bits per heavy atom. The Bertz CT molecular complexity index is 437. The van der Waals surface area contributed by atoms with Crippen LogP contribution in [0.4, 0.5) is 0 Å². The van der Waals surface area contributed by atoms with Gasteiger partial charge in [0.25, 0.3) is 0 Å². The van der Waals surface area contributed by atoms with E-state index in [1.807, 2.05) is 0 Å². The summed E-state index contributed by atoms with van der Waals surface area (Å²) in [6, 6.07) is 2.70. The first-order chi connectivity index (χ1) is 9.68. The molecule has 0 aromatic heterocycles. The van der Waals surface area contributed by atoms with E-state index in [1.165, 1.54) is 49.7 Å². The van der Waals surface area contributed by atoms with Gasteiger partial charge in [0.15, 0.2) is 0 Å². The second-order valence-corrected chi connectivity index (χ2v) is 8.09. The molecule has 2 heteroatoms. The highest BCUT2D eigenvalue weighted by molar-refractivity contribution is 5.37. The lowest BCUT2D eigenvalue weighted by Gasteiger charge is -2.57. The van der Waals surface area contributed by atoms with Crippen LogP contribution < -0.4 is 0 Å². The summed E-state index contributed by atoms with van der Waals surface area (Å²) in [7, 11) is 2.20. The molecule has 5 aliphatic rings. The molecule has 108 valence electrons. The van der Waals surface area contributed by atoms with Crippen LogP contribution in [0.2, 0.25) is 0 Å². The maximum absolute atomic E-state index is 9.88. The van der Waals surface area contributed by atoms with Crippen LogP contribution in [-0.2, 0) is 0 Å². The summed E-state index contributed by atoms with van der Waals surface area (Å²) < 4.78 is 0. The zero-order chi connectivity index (χ0) is 13.7. The van der Waals surface area contributed by atoms with Crippen molar-refractivity contribution in [3.8, 4) is 6.07 Å². The number of hydrogen-bond acceptors (Lipinski definition) is 2. The third kappa shape index (κ3) is 1.94. The monoisotopic (exact) mass is 270 g/mol. The van der Waals surface area contributed by atoms with Crippen LogP contribution in [0, 0.1) is 34.5 Å². The van der Waals surface area contributed by atoms with E-state index >= 15 is 0 Å². The van der Waals surface area contributed by atoms with E-state index in [0.29, 0.717) is 5.41 Å². The van der Waals surface area contributed by atoms with E-state index in [-0.39, 0.29) is 0 Å². The average Bonchev–Trinajstić information content (AvgIpc) is 2.40. The van der Waals surface area contributed by atoms with Crippen molar-refractivity contribution < 1.29 is 0 Å². The Hall–Kier alpha value is -0.810. The molecular formula is C18H26N2. The van der Waals surface area contributed by atoms with E-state index in [2.05, 4.69) is 18.0 Å². The Labute approximate surface area is 122 Å². The number of hydrogen-bond donors (Lipinski definition) is 0. The summed E-state index contributed by atoms with van der Waals surface area (Å²) in [6.45, 7) is 2.29. The van der Waals surface area contributed by atoms with Crippen LogP contribution in [0.5, 0.6) is 0 Å². The standard InChI is InChI=1S/C18H26N2/c1-20-4-2-16(3-5-20)17(12-19)18-9-13-6-14(10-18)8-15(7-13)11-18/h13-15H,2-11H2,1H3. The van der Waals surface area contributed by atoms with Gasteiger partial charge >= 0.3 is 0 Å². The summed E-state index contributed by atoms with van der Waals surface area (Å²) in [5, 5.41) is 9.88. The Balaban J connectivity index is 1.68. The van der Waals surface area contributed by atoms with Gasteiger partial charge in [-0.15, -0.1) is 0 Å². The highest BCUT2D eigenvalue weighted by Gasteiger charge is 2.53.